The summed E-state index contributed by atoms with van der Waals surface area (Å²) in [5.41, 5.74) is 2.18. The average molecular weight is 522 g/mol. The number of aryl methyl sites for hydroxylation is 1. The van der Waals surface area contributed by atoms with Gasteiger partial charge in [0, 0.05) is 29.6 Å². The predicted octanol–water partition coefficient (Wildman–Crippen LogP) is 2.35. The van der Waals surface area contributed by atoms with Crippen LogP contribution in [0.2, 0.25) is 0 Å². The third-order valence-corrected chi connectivity index (χ3v) is 8.52. The lowest BCUT2D eigenvalue weighted by molar-refractivity contribution is -0.172. The van der Waals surface area contributed by atoms with Crippen LogP contribution in [-0.4, -0.2) is 49.7 Å². The number of aromatic nitrogens is 2. The molecule has 4 heterocycles. The molecule has 1 aromatic carbocycles. The highest BCUT2D eigenvalue weighted by atomic mass is 19.1. The zero-order chi connectivity index (χ0) is 27.3. The summed E-state index contributed by atoms with van der Waals surface area (Å²) in [5, 5.41) is 21.9. The number of likely N-dealkylation sites (N-methyl/N-ethyl adjacent to an activating group) is 1. The standard InChI is InChI=1S/C28H28FN3O6/c1-5-28(37)17-8-21-24-15(10-32(21)26(35)16(17)11-38-27(28)36)23-20(31(4)25(34)13(3)33)7-6-14-12(2)18(29)9-19(30-24)22(14)23/h8-9,13,20,33,37H,5-7,10-11H2,1-4H3/t13-,20-,28-/m0/s1. The van der Waals surface area contributed by atoms with Crippen molar-refractivity contribution in [3.63, 3.8) is 0 Å². The molecule has 10 heteroatoms. The number of carbonyl (C=O) groups is 2. The van der Waals surface area contributed by atoms with Gasteiger partial charge in [0.05, 0.1) is 35.1 Å². The number of hydrogen-bond donors (Lipinski definition) is 2. The van der Waals surface area contributed by atoms with Gasteiger partial charge in [-0.2, -0.15) is 0 Å². The Hall–Kier alpha value is -3.63. The molecule has 0 fully saturated rings. The molecule has 2 aliphatic heterocycles. The summed E-state index contributed by atoms with van der Waals surface area (Å²) in [4.78, 5) is 45.3. The van der Waals surface area contributed by atoms with Crippen LogP contribution in [0.5, 0.6) is 0 Å². The summed E-state index contributed by atoms with van der Waals surface area (Å²) in [6.07, 6.45) is -0.137. The summed E-state index contributed by atoms with van der Waals surface area (Å²) in [7, 11) is 1.64. The van der Waals surface area contributed by atoms with Gasteiger partial charge < -0.3 is 24.4 Å². The maximum Gasteiger partial charge on any atom is 0.343 e. The first kappa shape index (κ1) is 24.7. The van der Waals surface area contributed by atoms with Crippen LogP contribution < -0.4 is 5.56 Å². The fraction of sp³-hybridized carbons (Fsp3) is 0.429. The van der Waals surface area contributed by atoms with E-state index in [-0.39, 0.29) is 36.5 Å². The average Bonchev–Trinajstić information content (AvgIpc) is 3.27. The third kappa shape index (κ3) is 3.10. The molecule has 0 spiro atoms. The number of amides is 1. The van der Waals surface area contributed by atoms with E-state index in [9.17, 15) is 29.0 Å². The third-order valence-electron chi connectivity index (χ3n) is 8.52. The molecule has 0 saturated heterocycles. The van der Waals surface area contributed by atoms with Crippen LogP contribution in [0.1, 0.15) is 66.1 Å². The van der Waals surface area contributed by atoms with Crippen LogP contribution in [0.4, 0.5) is 4.39 Å². The van der Waals surface area contributed by atoms with Crippen molar-refractivity contribution >= 4 is 22.8 Å². The van der Waals surface area contributed by atoms with Gasteiger partial charge in [-0.15, -0.1) is 0 Å². The number of benzene rings is 1. The fourth-order valence-corrected chi connectivity index (χ4v) is 6.37. The minimum absolute atomic E-state index is 0.0210. The Morgan fingerprint density at radius 1 is 1.32 bits per heavy atom. The first-order chi connectivity index (χ1) is 18.0. The number of aliphatic hydroxyl groups excluding tert-OH is 1. The number of rotatable bonds is 3. The second kappa shape index (κ2) is 8.18. The number of cyclic esters (lactones) is 1. The molecule has 1 amide bonds. The van der Waals surface area contributed by atoms with Crippen molar-refractivity contribution in [2.75, 3.05) is 7.05 Å². The van der Waals surface area contributed by atoms with Crippen molar-refractivity contribution in [1.29, 1.82) is 0 Å². The van der Waals surface area contributed by atoms with E-state index in [1.165, 1.54) is 22.5 Å². The number of pyridine rings is 2. The van der Waals surface area contributed by atoms with Gasteiger partial charge in [0.1, 0.15) is 18.5 Å². The number of fused-ring (bicyclic) bond motifs is 5. The Morgan fingerprint density at radius 3 is 2.74 bits per heavy atom. The molecular formula is C28H28FN3O6. The molecule has 2 aromatic heterocycles. The number of esters is 1. The number of ether oxygens (including phenoxy) is 1. The fourth-order valence-electron chi connectivity index (χ4n) is 6.37. The van der Waals surface area contributed by atoms with Crippen LogP contribution in [0.25, 0.3) is 22.3 Å². The van der Waals surface area contributed by atoms with E-state index < -0.39 is 35.2 Å². The second-order valence-electron chi connectivity index (χ2n) is 10.5. The van der Waals surface area contributed by atoms with Gasteiger partial charge in [-0.05, 0) is 55.9 Å². The van der Waals surface area contributed by atoms with Gasteiger partial charge in [0.25, 0.3) is 11.5 Å². The van der Waals surface area contributed by atoms with Gasteiger partial charge >= 0.3 is 5.97 Å². The Balaban J connectivity index is 1.67. The molecule has 0 radical (unpaired) electrons. The molecule has 2 N–H and O–H groups in total. The van der Waals surface area contributed by atoms with Crippen molar-refractivity contribution in [1.82, 2.24) is 14.5 Å². The van der Waals surface area contributed by atoms with Crippen molar-refractivity contribution in [3.05, 3.63) is 61.7 Å². The van der Waals surface area contributed by atoms with Crippen molar-refractivity contribution in [3.8, 4) is 11.4 Å². The van der Waals surface area contributed by atoms with Crippen LogP contribution in [-0.2, 0) is 39.5 Å². The number of hydrogen-bond acceptors (Lipinski definition) is 7. The van der Waals surface area contributed by atoms with Crippen LogP contribution in [0.15, 0.2) is 16.9 Å². The Morgan fingerprint density at radius 2 is 2.05 bits per heavy atom. The highest BCUT2D eigenvalue weighted by Gasteiger charge is 2.46. The maximum atomic E-state index is 15.0. The molecule has 9 nitrogen and oxygen atoms in total. The lowest BCUT2D eigenvalue weighted by Gasteiger charge is -2.35. The lowest BCUT2D eigenvalue weighted by atomic mass is 9.81. The molecule has 198 valence electrons. The number of nitrogens with zero attached hydrogens (tertiary/aromatic N) is 3. The molecule has 6 rings (SSSR count). The summed E-state index contributed by atoms with van der Waals surface area (Å²) in [6.45, 7) is 4.70. The lowest BCUT2D eigenvalue weighted by Crippen LogP contribution is -2.44. The minimum atomic E-state index is -1.96. The second-order valence-corrected chi connectivity index (χ2v) is 10.5. The van der Waals surface area contributed by atoms with Gasteiger partial charge in [0.2, 0.25) is 0 Å². The van der Waals surface area contributed by atoms with E-state index in [0.717, 1.165) is 22.1 Å². The maximum absolute atomic E-state index is 15.0. The zero-order valence-corrected chi connectivity index (χ0v) is 21.6. The smallest absolute Gasteiger partial charge is 0.343 e. The summed E-state index contributed by atoms with van der Waals surface area (Å²) < 4.78 is 21.7. The zero-order valence-electron chi connectivity index (χ0n) is 21.6. The van der Waals surface area contributed by atoms with E-state index in [4.69, 9.17) is 9.72 Å². The van der Waals surface area contributed by atoms with E-state index in [0.29, 0.717) is 35.3 Å². The topological polar surface area (TPSA) is 122 Å². The van der Waals surface area contributed by atoms with Gasteiger partial charge in [-0.1, -0.05) is 6.92 Å². The van der Waals surface area contributed by atoms with Gasteiger partial charge in [-0.25, -0.2) is 14.2 Å². The van der Waals surface area contributed by atoms with E-state index in [2.05, 4.69) is 0 Å². The van der Waals surface area contributed by atoms with Gasteiger partial charge in [0.15, 0.2) is 5.60 Å². The minimum Gasteiger partial charge on any atom is -0.458 e. The number of carbonyl (C=O) groups excluding carboxylic acids is 2. The first-order valence-corrected chi connectivity index (χ1v) is 12.8. The molecule has 0 saturated carbocycles. The van der Waals surface area contributed by atoms with Gasteiger partial charge in [-0.3, -0.25) is 9.59 Å². The van der Waals surface area contributed by atoms with Crippen molar-refractivity contribution in [2.45, 2.75) is 70.9 Å². The quantitative estimate of drug-likeness (QED) is 0.397. The Bertz CT molecular complexity index is 1640. The number of aliphatic hydroxyl groups is 2. The molecule has 3 atom stereocenters. The molecule has 3 aromatic rings. The summed E-state index contributed by atoms with van der Waals surface area (Å²) >= 11 is 0. The molecule has 1 aliphatic carbocycles. The number of halogens is 1. The highest BCUT2D eigenvalue weighted by molar-refractivity contribution is 5.94. The highest BCUT2D eigenvalue weighted by Crippen LogP contribution is 2.47. The predicted molar refractivity (Wildman–Crippen MR) is 135 cm³/mol. The molecular weight excluding hydrogens is 493 g/mol. The Kier molecular flexibility index (Phi) is 5.32. The molecule has 0 bridgehead atoms. The largest absolute Gasteiger partial charge is 0.458 e. The van der Waals surface area contributed by atoms with Crippen molar-refractivity contribution in [2.24, 2.45) is 0 Å². The SMILES string of the molecule is CC[C@@]1(O)C(=O)OCc2c1cc1n(c2=O)Cc2c-1nc1cc(F)c(C)c3c1c2[C@@H](N(C)C(=O)[C@H](C)O)CC3. The van der Waals surface area contributed by atoms with Crippen LogP contribution in [0, 0.1) is 12.7 Å². The molecule has 0 unspecified atom stereocenters. The molecule has 38 heavy (non-hydrogen) atoms. The summed E-state index contributed by atoms with van der Waals surface area (Å²) in [5.74, 6) is -1.64. The van der Waals surface area contributed by atoms with Crippen LogP contribution in [0.3, 0.4) is 0 Å². The summed E-state index contributed by atoms with van der Waals surface area (Å²) in [6, 6.07) is 2.56. The van der Waals surface area contributed by atoms with Crippen LogP contribution >= 0.6 is 0 Å². The van der Waals surface area contributed by atoms with E-state index in [1.807, 2.05) is 0 Å². The van der Waals surface area contributed by atoms with E-state index in [1.54, 1.807) is 27.0 Å². The van der Waals surface area contributed by atoms with E-state index >= 15 is 0 Å². The molecule has 3 aliphatic rings. The monoisotopic (exact) mass is 521 g/mol. The first-order valence-electron chi connectivity index (χ1n) is 12.8. The normalized spacial score (nSPS) is 22.0. The van der Waals surface area contributed by atoms with Crippen molar-refractivity contribution < 1.29 is 28.9 Å². The Labute approximate surface area is 217 Å².